The van der Waals surface area contributed by atoms with Crippen LogP contribution in [0.5, 0.6) is 5.75 Å². The number of para-hydroxylation sites is 2. The lowest BCUT2D eigenvalue weighted by Crippen LogP contribution is -2.23. The van der Waals surface area contributed by atoms with Gasteiger partial charge in [0.1, 0.15) is 5.75 Å². The number of carbonyl (C=O) groups excluding carboxylic acids is 1. The summed E-state index contributed by atoms with van der Waals surface area (Å²) in [6.07, 6.45) is 4.51. The fourth-order valence-electron chi connectivity index (χ4n) is 3.87. The number of hydrogen-bond acceptors (Lipinski definition) is 5. The van der Waals surface area contributed by atoms with Crippen LogP contribution in [-0.4, -0.2) is 33.0 Å². The summed E-state index contributed by atoms with van der Waals surface area (Å²) in [5.74, 6) is 1.27. The summed E-state index contributed by atoms with van der Waals surface area (Å²) >= 11 is 7.87. The van der Waals surface area contributed by atoms with Gasteiger partial charge in [0, 0.05) is 11.6 Å². The zero-order valence-electron chi connectivity index (χ0n) is 17.5. The van der Waals surface area contributed by atoms with E-state index in [1.165, 1.54) is 24.6 Å². The molecule has 1 heterocycles. The van der Waals surface area contributed by atoms with Crippen LogP contribution >= 0.6 is 23.4 Å². The summed E-state index contributed by atoms with van der Waals surface area (Å²) in [7, 11) is 1.59. The summed E-state index contributed by atoms with van der Waals surface area (Å²) < 4.78 is 7.51. The lowest BCUT2D eigenvalue weighted by Gasteiger charge is -2.19. The van der Waals surface area contributed by atoms with Crippen LogP contribution in [-0.2, 0) is 4.79 Å². The van der Waals surface area contributed by atoms with Gasteiger partial charge in [0.2, 0.25) is 5.91 Å². The van der Waals surface area contributed by atoms with Gasteiger partial charge in [-0.05, 0) is 44.0 Å². The Kier molecular flexibility index (Phi) is 6.83. The number of rotatable bonds is 7. The van der Waals surface area contributed by atoms with Crippen LogP contribution in [0.1, 0.15) is 38.6 Å². The molecule has 0 saturated heterocycles. The average Bonchev–Trinajstić information content (AvgIpc) is 3.44. The molecule has 8 heteroatoms. The van der Waals surface area contributed by atoms with Gasteiger partial charge in [0.25, 0.3) is 0 Å². The number of hydrogen-bond donors (Lipinski definition) is 1. The number of thioether (sulfide) groups is 1. The second-order valence-corrected chi connectivity index (χ2v) is 9.26. The molecule has 4 rings (SSSR count). The first-order valence-corrected chi connectivity index (χ1v) is 11.6. The van der Waals surface area contributed by atoms with E-state index in [1.807, 2.05) is 55.5 Å². The summed E-state index contributed by atoms with van der Waals surface area (Å²) in [4.78, 5) is 12.9. The molecule has 1 fully saturated rings. The summed E-state index contributed by atoms with van der Waals surface area (Å²) in [6.45, 7) is 1.87. The van der Waals surface area contributed by atoms with E-state index in [0.717, 1.165) is 29.4 Å². The fraction of sp³-hybridized carbons (Fsp3) is 0.348. The van der Waals surface area contributed by atoms with Crippen LogP contribution in [0.4, 0.5) is 5.69 Å². The van der Waals surface area contributed by atoms with Gasteiger partial charge in [0.05, 0.1) is 23.1 Å². The van der Waals surface area contributed by atoms with Crippen LogP contribution in [0.25, 0.3) is 11.4 Å². The number of benzene rings is 2. The molecule has 1 atom stereocenters. The van der Waals surface area contributed by atoms with Crippen molar-refractivity contribution in [2.45, 2.75) is 49.1 Å². The molecule has 1 saturated carbocycles. The molecule has 31 heavy (non-hydrogen) atoms. The van der Waals surface area contributed by atoms with Crippen molar-refractivity contribution in [3.63, 3.8) is 0 Å². The summed E-state index contributed by atoms with van der Waals surface area (Å²) in [5.41, 5.74) is 1.51. The van der Waals surface area contributed by atoms with Gasteiger partial charge in [0.15, 0.2) is 11.0 Å². The molecule has 1 aliphatic rings. The zero-order valence-corrected chi connectivity index (χ0v) is 19.1. The lowest BCUT2D eigenvalue weighted by molar-refractivity contribution is -0.115. The highest BCUT2D eigenvalue weighted by atomic mass is 35.5. The average molecular weight is 457 g/mol. The van der Waals surface area contributed by atoms with Crippen molar-refractivity contribution in [1.29, 1.82) is 0 Å². The maximum absolute atomic E-state index is 12.9. The van der Waals surface area contributed by atoms with Gasteiger partial charge in [-0.15, -0.1) is 10.2 Å². The molecule has 0 bridgehead atoms. The topological polar surface area (TPSA) is 69.0 Å². The van der Waals surface area contributed by atoms with E-state index in [9.17, 15) is 4.79 Å². The SMILES string of the molecule is COc1ccccc1NC(=O)C(C)Sc1nnc(-c2ccccc2Cl)n1C1CCCC1. The Bertz CT molecular complexity index is 1070. The quantitative estimate of drug-likeness (QED) is 0.452. The Morgan fingerprint density at radius 2 is 1.87 bits per heavy atom. The number of nitrogens with one attached hydrogen (secondary N) is 1. The second-order valence-electron chi connectivity index (χ2n) is 7.54. The molecule has 6 nitrogen and oxygen atoms in total. The largest absolute Gasteiger partial charge is 0.495 e. The molecule has 1 N–H and O–H groups in total. The van der Waals surface area contributed by atoms with Crippen molar-refractivity contribution in [2.75, 3.05) is 12.4 Å². The third-order valence-corrected chi connectivity index (χ3v) is 6.87. The number of methoxy groups -OCH3 is 1. The monoisotopic (exact) mass is 456 g/mol. The summed E-state index contributed by atoms with van der Waals surface area (Å²) in [6, 6.07) is 15.4. The van der Waals surface area contributed by atoms with Crippen LogP contribution in [0.2, 0.25) is 5.02 Å². The van der Waals surface area contributed by atoms with Crippen LogP contribution in [0.15, 0.2) is 53.7 Å². The van der Waals surface area contributed by atoms with Gasteiger partial charge in [-0.25, -0.2) is 0 Å². The Morgan fingerprint density at radius 3 is 2.61 bits per heavy atom. The molecule has 162 valence electrons. The maximum atomic E-state index is 12.9. The van der Waals surface area contributed by atoms with Crippen LogP contribution in [0.3, 0.4) is 0 Å². The molecular weight excluding hydrogens is 432 g/mol. The molecule has 3 aromatic rings. The Hall–Kier alpha value is -2.51. The van der Waals surface area contributed by atoms with E-state index in [0.29, 0.717) is 22.5 Å². The van der Waals surface area contributed by atoms with Crippen LogP contribution < -0.4 is 10.1 Å². The molecule has 1 aliphatic carbocycles. The highest BCUT2D eigenvalue weighted by Crippen LogP contribution is 2.39. The van der Waals surface area contributed by atoms with Crippen molar-refractivity contribution < 1.29 is 9.53 Å². The fourth-order valence-corrected chi connectivity index (χ4v) is 5.01. The van der Waals surface area contributed by atoms with Crippen molar-refractivity contribution in [3.05, 3.63) is 53.6 Å². The van der Waals surface area contributed by atoms with Gasteiger partial charge < -0.3 is 10.1 Å². The van der Waals surface area contributed by atoms with E-state index in [4.69, 9.17) is 16.3 Å². The Labute approximate surface area is 191 Å². The maximum Gasteiger partial charge on any atom is 0.237 e. The van der Waals surface area contributed by atoms with E-state index in [2.05, 4.69) is 20.1 Å². The van der Waals surface area contributed by atoms with Gasteiger partial charge in [-0.2, -0.15) is 0 Å². The number of amides is 1. The number of nitrogens with zero attached hydrogens (tertiary/aromatic N) is 3. The smallest absolute Gasteiger partial charge is 0.237 e. The number of halogens is 1. The molecule has 0 radical (unpaired) electrons. The molecule has 2 aromatic carbocycles. The Morgan fingerprint density at radius 1 is 1.16 bits per heavy atom. The molecule has 1 aromatic heterocycles. The van der Waals surface area contributed by atoms with E-state index in [-0.39, 0.29) is 11.2 Å². The van der Waals surface area contributed by atoms with Crippen LogP contribution in [0, 0.1) is 0 Å². The Balaban J connectivity index is 1.59. The first kappa shape index (κ1) is 21.7. The number of aromatic nitrogens is 3. The first-order chi connectivity index (χ1) is 15.1. The summed E-state index contributed by atoms with van der Waals surface area (Å²) in [5, 5.41) is 12.9. The predicted molar refractivity (Wildman–Crippen MR) is 125 cm³/mol. The third kappa shape index (κ3) is 4.72. The predicted octanol–water partition coefficient (Wildman–Crippen LogP) is 5.84. The molecule has 0 spiro atoms. The van der Waals surface area contributed by atoms with Gasteiger partial charge >= 0.3 is 0 Å². The lowest BCUT2D eigenvalue weighted by atomic mass is 10.2. The molecular formula is C23H25ClN4O2S. The minimum Gasteiger partial charge on any atom is -0.495 e. The van der Waals surface area contributed by atoms with Crippen molar-refractivity contribution >= 4 is 35.0 Å². The second kappa shape index (κ2) is 9.75. The van der Waals surface area contributed by atoms with Crippen molar-refractivity contribution in [2.24, 2.45) is 0 Å². The van der Waals surface area contributed by atoms with E-state index < -0.39 is 0 Å². The van der Waals surface area contributed by atoms with Crippen molar-refractivity contribution in [3.8, 4) is 17.1 Å². The third-order valence-electron chi connectivity index (χ3n) is 5.49. The minimum absolute atomic E-state index is 0.116. The highest BCUT2D eigenvalue weighted by Gasteiger charge is 2.28. The normalized spacial score (nSPS) is 15.1. The highest BCUT2D eigenvalue weighted by molar-refractivity contribution is 8.00. The van der Waals surface area contributed by atoms with E-state index >= 15 is 0 Å². The van der Waals surface area contributed by atoms with E-state index in [1.54, 1.807) is 7.11 Å². The van der Waals surface area contributed by atoms with Gasteiger partial charge in [-0.1, -0.05) is 60.5 Å². The molecule has 1 amide bonds. The molecule has 1 unspecified atom stereocenters. The van der Waals surface area contributed by atoms with Gasteiger partial charge in [-0.3, -0.25) is 9.36 Å². The molecule has 0 aliphatic heterocycles. The minimum atomic E-state index is -0.367. The standard InChI is InChI=1S/C23H25ClN4O2S/c1-15(22(29)25-19-13-7-8-14-20(19)30-2)31-23-27-26-21(17-11-5-6-12-18(17)24)28(23)16-9-3-4-10-16/h5-8,11-16H,3-4,9-10H2,1-2H3,(H,25,29). The van der Waals surface area contributed by atoms with Crippen molar-refractivity contribution in [1.82, 2.24) is 14.8 Å². The number of anilines is 1. The number of carbonyl (C=O) groups is 1. The number of ether oxygens (including phenoxy) is 1. The first-order valence-electron chi connectivity index (χ1n) is 10.4. The zero-order chi connectivity index (χ0) is 21.8.